The Labute approximate surface area is 208 Å². The van der Waals surface area contributed by atoms with Gasteiger partial charge in [-0.15, -0.1) is 0 Å². The first kappa shape index (κ1) is 22.9. The van der Waals surface area contributed by atoms with E-state index in [1.807, 2.05) is 61.6 Å². The Morgan fingerprint density at radius 2 is 1.75 bits per heavy atom. The average molecular weight is 481 g/mol. The number of aliphatic imine (C=N–C) groups is 1. The van der Waals surface area contributed by atoms with Crippen molar-refractivity contribution in [1.82, 2.24) is 14.9 Å². The second-order valence-electron chi connectivity index (χ2n) is 8.20. The number of likely N-dealkylation sites (N-methyl/N-ethyl adjacent to an activating group) is 1. The lowest BCUT2D eigenvalue weighted by atomic mass is 10.1. The lowest BCUT2D eigenvalue weighted by Gasteiger charge is -2.15. The van der Waals surface area contributed by atoms with Gasteiger partial charge in [-0.2, -0.15) is 9.97 Å². The first-order chi connectivity index (χ1) is 17.5. The lowest BCUT2D eigenvalue weighted by Crippen LogP contribution is -2.23. The maximum Gasteiger partial charge on any atom is 0.326 e. The summed E-state index contributed by atoms with van der Waals surface area (Å²) in [6, 6.07) is 23.3. The van der Waals surface area contributed by atoms with Gasteiger partial charge in [0.15, 0.2) is 11.5 Å². The van der Waals surface area contributed by atoms with Crippen molar-refractivity contribution in [2.45, 2.75) is 0 Å². The number of nitrogens with one attached hydrogen (secondary N) is 1. The Morgan fingerprint density at radius 1 is 0.944 bits per heavy atom. The van der Waals surface area contributed by atoms with Crippen LogP contribution in [0.15, 0.2) is 83.9 Å². The number of aromatic hydroxyl groups is 1. The summed E-state index contributed by atoms with van der Waals surface area (Å²) >= 11 is 0. The lowest BCUT2D eigenvalue weighted by molar-refractivity contribution is 0.381. The smallest absolute Gasteiger partial charge is 0.326 e. The number of rotatable bonds is 7. The highest BCUT2D eigenvalue weighted by Crippen LogP contribution is 2.33. The number of phenols is 1. The summed E-state index contributed by atoms with van der Waals surface area (Å²) in [6.45, 7) is 1.65. The van der Waals surface area contributed by atoms with Crippen molar-refractivity contribution in [3.8, 4) is 40.4 Å². The van der Waals surface area contributed by atoms with Crippen molar-refractivity contribution in [2.24, 2.45) is 10.7 Å². The van der Waals surface area contributed by atoms with Gasteiger partial charge in [0.1, 0.15) is 17.4 Å². The third kappa shape index (κ3) is 4.95. The summed E-state index contributed by atoms with van der Waals surface area (Å²) in [5.41, 5.74) is 8.35. The summed E-state index contributed by atoms with van der Waals surface area (Å²) in [4.78, 5) is 15.6. The van der Waals surface area contributed by atoms with Gasteiger partial charge in [0.05, 0.1) is 12.2 Å². The Kier molecular flexibility index (Phi) is 6.19. The molecule has 0 radical (unpaired) electrons. The largest absolute Gasteiger partial charge is 0.504 e. The average Bonchev–Trinajstić information content (AvgIpc) is 3.31. The molecule has 3 aromatic carbocycles. The molecule has 1 aliphatic rings. The zero-order valence-corrected chi connectivity index (χ0v) is 19.5. The van der Waals surface area contributed by atoms with Crippen LogP contribution in [0.1, 0.15) is 11.1 Å². The monoisotopic (exact) mass is 480 g/mol. The van der Waals surface area contributed by atoms with Crippen LogP contribution in [0.25, 0.3) is 11.3 Å². The van der Waals surface area contributed by atoms with Crippen molar-refractivity contribution in [3.63, 3.8) is 0 Å². The van der Waals surface area contributed by atoms with Crippen LogP contribution in [0.5, 0.6) is 29.1 Å². The summed E-state index contributed by atoms with van der Waals surface area (Å²) in [5, 5.41) is 17.9. The van der Waals surface area contributed by atoms with Crippen molar-refractivity contribution in [2.75, 3.05) is 20.1 Å². The van der Waals surface area contributed by atoms with Crippen LogP contribution in [0.3, 0.4) is 0 Å². The van der Waals surface area contributed by atoms with Gasteiger partial charge in [0.25, 0.3) is 0 Å². The number of aromatic nitrogens is 2. The Balaban J connectivity index is 1.51. The molecule has 2 heterocycles. The van der Waals surface area contributed by atoms with E-state index in [9.17, 15) is 5.11 Å². The fourth-order valence-corrected chi connectivity index (χ4v) is 3.78. The first-order valence-electron chi connectivity index (χ1n) is 11.3. The van der Waals surface area contributed by atoms with Crippen LogP contribution in [-0.2, 0) is 0 Å². The summed E-state index contributed by atoms with van der Waals surface area (Å²) < 4.78 is 12.0. The normalized spacial score (nSPS) is 12.8. The van der Waals surface area contributed by atoms with Crippen LogP contribution in [0.2, 0.25) is 0 Å². The van der Waals surface area contributed by atoms with E-state index in [2.05, 4.69) is 19.9 Å². The minimum Gasteiger partial charge on any atom is -0.504 e. The molecule has 4 N–H and O–H groups in total. The van der Waals surface area contributed by atoms with Crippen LogP contribution >= 0.6 is 0 Å². The van der Waals surface area contributed by atoms with Crippen molar-refractivity contribution >= 4 is 11.7 Å². The highest BCUT2D eigenvalue weighted by atomic mass is 16.5. The van der Waals surface area contributed by atoms with Crippen LogP contribution in [-0.4, -0.2) is 51.8 Å². The van der Waals surface area contributed by atoms with E-state index < -0.39 is 0 Å². The van der Waals surface area contributed by atoms with Crippen molar-refractivity contribution < 1.29 is 14.6 Å². The Bertz CT molecular complexity index is 1460. The highest BCUT2D eigenvalue weighted by Gasteiger charge is 2.17. The SMILES string of the molecule is CN1CCN=C1c1cccc(Oc2cc(-c3ccccc3)nc(Oc3cc(C(=N)N)ccc3O)n2)c1. The van der Waals surface area contributed by atoms with Gasteiger partial charge in [0, 0.05) is 36.3 Å². The van der Waals surface area contributed by atoms with Gasteiger partial charge < -0.3 is 25.2 Å². The zero-order chi connectivity index (χ0) is 25.1. The second-order valence-corrected chi connectivity index (χ2v) is 8.20. The van der Waals surface area contributed by atoms with Crippen LogP contribution < -0.4 is 15.2 Å². The maximum atomic E-state index is 10.3. The molecule has 0 aliphatic carbocycles. The quantitative estimate of drug-likeness (QED) is 0.264. The number of phenolic OH excluding ortho intramolecular Hbond substituents is 1. The topological polar surface area (TPSA) is 130 Å². The predicted molar refractivity (Wildman–Crippen MR) is 137 cm³/mol. The molecule has 180 valence electrons. The molecule has 0 bridgehead atoms. The third-order valence-electron chi connectivity index (χ3n) is 5.60. The van der Waals surface area contributed by atoms with Gasteiger partial charge >= 0.3 is 6.01 Å². The molecule has 0 unspecified atom stereocenters. The summed E-state index contributed by atoms with van der Waals surface area (Å²) in [6.07, 6.45) is 0. The third-order valence-corrected chi connectivity index (χ3v) is 5.60. The fourth-order valence-electron chi connectivity index (χ4n) is 3.78. The van der Waals surface area contributed by atoms with Crippen molar-refractivity contribution in [1.29, 1.82) is 5.41 Å². The molecule has 0 amide bonds. The summed E-state index contributed by atoms with van der Waals surface area (Å²) in [5.74, 6) is 1.55. The standard InChI is InChI=1S/C27H24N6O3/c1-33-13-12-30-26(33)19-8-5-9-20(14-19)35-24-16-21(17-6-3-2-4-7-17)31-27(32-24)36-23-15-18(25(28)29)10-11-22(23)34/h2-11,14-16,34H,12-13H2,1H3,(H3,28,29). The molecule has 1 aliphatic heterocycles. The minimum absolute atomic E-state index is 0.0292. The van der Waals surface area contributed by atoms with Crippen LogP contribution in [0.4, 0.5) is 0 Å². The molecule has 9 heteroatoms. The molecule has 0 spiro atoms. The number of hydrogen-bond acceptors (Lipinski definition) is 8. The van der Waals surface area contributed by atoms with E-state index in [1.54, 1.807) is 6.07 Å². The Morgan fingerprint density at radius 3 is 2.50 bits per heavy atom. The van der Waals surface area contributed by atoms with E-state index in [0.717, 1.165) is 30.1 Å². The number of amidine groups is 2. The minimum atomic E-state index is -0.153. The van der Waals surface area contributed by atoms with E-state index in [4.69, 9.17) is 20.6 Å². The molecule has 9 nitrogen and oxygen atoms in total. The van der Waals surface area contributed by atoms with E-state index in [1.165, 1.54) is 18.2 Å². The maximum absolute atomic E-state index is 10.3. The highest BCUT2D eigenvalue weighted by molar-refractivity contribution is 6.00. The number of nitrogens with zero attached hydrogens (tertiary/aromatic N) is 4. The van der Waals surface area contributed by atoms with Crippen LogP contribution in [0, 0.1) is 5.41 Å². The number of nitrogen functional groups attached to an aromatic ring is 1. The van der Waals surface area contributed by atoms with Gasteiger partial charge in [-0.05, 0) is 30.3 Å². The van der Waals surface area contributed by atoms with E-state index in [-0.39, 0.29) is 29.2 Å². The van der Waals surface area contributed by atoms with Crippen molar-refractivity contribution in [3.05, 3.63) is 90.0 Å². The molecule has 0 atom stereocenters. The zero-order valence-electron chi connectivity index (χ0n) is 19.5. The molecule has 0 fully saturated rings. The number of benzene rings is 3. The second kappa shape index (κ2) is 9.75. The van der Waals surface area contributed by atoms with Gasteiger partial charge in [0.2, 0.25) is 5.88 Å². The molecular weight excluding hydrogens is 456 g/mol. The molecule has 36 heavy (non-hydrogen) atoms. The molecule has 0 saturated carbocycles. The predicted octanol–water partition coefficient (Wildman–Crippen LogP) is 4.41. The van der Waals surface area contributed by atoms with Gasteiger partial charge in [-0.1, -0.05) is 42.5 Å². The fraction of sp³-hybridized carbons (Fsp3) is 0.111. The van der Waals surface area contributed by atoms with E-state index >= 15 is 0 Å². The number of ether oxygens (including phenoxy) is 2. The molecular formula is C27H24N6O3. The molecule has 5 rings (SSSR count). The summed E-state index contributed by atoms with van der Waals surface area (Å²) in [7, 11) is 2.01. The number of hydrogen-bond donors (Lipinski definition) is 3. The van der Waals surface area contributed by atoms with E-state index in [0.29, 0.717) is 17.0 Å². The first-order valence-corrected chi connectivity index (χ1v) is 11.3. The molecule has 1 aromatic heterocycles. The number of nitrogens with two attached hydrogens (primary N) is 1. The Hall–Kier alpha value is -4.92. The van der Waals surface area contributed by atoms with Gasteiger partial charge in [-0.3, -0.25) is 10.4 Å². The molecule has 0 saturated heterocycles. The van der Waals surface area contributed by atoms with Gasteiger partial charge in [-0.25, -0.2) is 0 Å². The molecule has 4 aromatic rings.